The highest BCUT2D eigenvalue weighted by molar-refractivity contribution is 8.00. The van der Waals surface area contributed by atoms with Crippen molar-refractivity contribution in [2.24, 2.45) is 0 Å². The number of carbonyl (C=O) groups excluding carboxylic acids is 1. The number of anilines is 1. The fourth-order valence-electron chi connectivity index (χ4n) is 3.70. The summed E-state index contributed by atoms with van der Waals surface area (Å²) >= 11 is 1.44. The number of rotatable bonds is 7. The Hall–Kier alpha value is -3.00. The standard InChI is InChI=1S/C24H29N5O2S/c1-5-7-20-26-27-24-29(20)28-21(17-9-12-19(13-10-17)31-6-2)22(32-24)23(30)25-18-11-8-15(3)16(4)14-18/h8-14,21-22,28H,5-7H2,1-4H3,(H,25,30). The van der Waals surface area contributed by atoms with Crippen LogP contribution < -0.4 is 15.5 Å². The summed E-state index contributed by atoms with van der Waals surface area (Å²) < 4.78 is 7.51. The molecule has 2 aromatic carbocycles. The van der Waals surface area contributed by atoms with E-state index < -0.39 is 5.25 Å². The number of aromatic nitrogens is 3. The lowest BCUT2D eigenvalue weighted by Gasteiger charge is -2.33. The maximum absolute atomic E-state index is 13.4. The molecular weight excluding hydrogens is 422 g/mol. The lowest BCUT2D eigenvalue weighted by molar-refractivity contribution is -0.116. The number of ether oxygens (including phenoxy) is 1. The molecule has 1 aromatic heterocycles. The van der Waals surface area contributed by atoms with E-state index in [9.17, 15) is 4.79 Å². The SMILES string of the molecule is CCCc1nnc2n1NC(c1ccc(OCC)cc1)C(C(=O)Nc1ccc(C)c(C)c1)S2. The highest BCUT2D eigenvalue weighted by atomic mass is 32.2. The van der Waals surface area contributed by atoms with Gasteiger partial charge in [0.05, 0.1) is 12.6 Å². The van der Waals surface area contributed by atoms with E-state index in [-0.39, 0.29) is 11.9 Å². The van der Waals surface area contributed by atoms with Crippen LogP contribution in [0, 0.1) is 13.8 Å². The number of nitrogens with one attached hydrogen (secondary N) is 2. The average Bonchev–Trinajstić information content (AvgIpc) is 3.18. The van der Waals surface area contributed by atoms with Crippen LogP contribution in [-0.4, -0.2) is 32.6 Å². The van der Waals surface area contributed by atoms with Crippen LogP contribution in [0.4, 0.5) is 5.69 Å². The molecule has 1 aliphatic rings. The number of nitrogens with zero attached hydrogens (tertiary/aromatic N) is 3. The van der Waals surface area contributed by atoms with E-state index in [1.807, 2.05) is 61.0 Å². The number of aryl methyl sites for hydroxylation is 3. The van der Waals surface area contributed by atoms with E-state index in [4.69, 9.17) is 4.74 Å². The van der Waals surface area contributed by atoms with Gasteiger partial charge in [0.2, 0.25) is 11.1 Å². The largest absolute Gasteiger partial charge is 0.494 e. The van der Waals surface area contributed by atoms with Crippen molar-refractivity contribution >= 4 is 23.4 Å². The molecule has 0 aliphatic carbocycles. The second-order valence-corrected chi connectivity index (χ2v) is 9.03. The second-order valence-electron chi connectivity index (χ2n) is 7.92. The fraction of sp³-hybridized carbons (Fsp3) is 0.375. The highest BCUT2D eigenvalue weighted by Crippen LogP contribution is 2.38. The first-order valence-corrected chi connectivity index (χ1v) is 11.9. The van der Waals surface area contributed by atoms with E-state index in [0.29, 0.717) is 11.8 Å². The molecule has 0 radical (unpaired) electrons. The number of fused-ring (bicyclic) bond motifs is 1. The minimum atomic E-state index is -0.416. The Labute approximate surface area is 192 Å². The third-order valence-corrected chi connectivity index (χ3v) is 6.78. The molecule has 2 heterocycles. The molecule has 0 saturated heterocycles. The fourth-order valence-corrected chi connectivity index (χ4v) is 4.80. The quantitative estimate of drug-likeness (QED) is 0.545. The summed E-state index contributed by atoms with van der Waals surface area (Å²) in [7, 11) is 0. The molecule has 0 spiro atoms. The topological polar surface area (TPSA) is 81.1 Å². The third-order valence-electron chi connectivity index (χ3n) is 5.56. The molecule has 2 N–H and O–H groups in total. The van der Waals surface area contributed by atoms with Crippen LogP contribution in [0.15, 0.2) is 47.6 Å². The molecule has 8 heteroatoms. The molecule has 7 nitrogen and oxygen atoms in total. The molecule has 168 valence electrons. The van der Waals surface area contributed by atoms with Crippen molar-refractivity contribution in [1.82, 2.24) is 14.9 Å². The van der Waals surface area contributed by atoms with E-state index >= 15 is 0 Å². The van der Waals surface area contributed by atoms with E-state index in [2.05, 4.69) is 34.8 Å². The zero-order chi connectivity index (χ0) is 22.7. The number of hydrogen-bond donors (Lipinski definition) is 2. The summed E-state index contributed by atoms with van der Waals surface area (Å²) in [5.41, 5.74) is 7.64. The Balaban J connectivity index is 1.64. The lowest BCUT2D eigenvalue weighted by Crippen LogP contribution is -2.41. The van der Waals surface area contributed by atoms with Gasteiger partial charge in [-0.2, -0.15) is 0 Å². The zero-order valence-electron chi connectivity index (χ0n) is 18.9. The Bertz CT molecular complexity index is 1100. The number of amides is 1. The van der Waals surface area contributed by atoms with Gasteiger partial charge in [-0.3, -0.25) is 4.79 Å². The predicted molar refractivity (Wildman–Crippen MR) is 128 cm³/mol. The molecule has 3 aromatic rings. The van der Waals surface area contributed by atoms with E-state index in [1.54, 1.807) is 0 Å². The lowest BCUT2D eigenvalue weighted by atomic mass is 10.0. The number of benzene rings is 2. The summed E-state index contributed by atoms with van der Waals surface area (Å²) in [5, 5.41) is 12.0. The van der Waals surface area contributed by atoms with Gasteiger partial charge in [-0.25, -0.2) is 4.68 Å². The Morgan fingerprint density at radius 1 is 1.12 bits per heavy atom. The van der Waals surface area contributed by atoms with E-state index in [1.165, 1.54) is 17.3 Å². The maximum Gasteiger partial charge on any atom is 0.240 e. The summed E-state index contributed by atoms with van der Waals surface area (Å²) in [5.74, 6) is 1.61. The Kier molecular flexibility index (Phi) is 6.69. The molecule has 1 amide bonds. The summed E-state index contributed by atoms with van der Waals surface area (Å²) in [6, 6.07) is 13.6. The summed E-state index contributed by atoms with van der Waals surface area (Å²) in [6.45, 7) is 8.79. The molecule has 1 aliphatic heterocycles. The van der Waals surface area contributed by atoms with Crippen molar-refractivity contribution in [3.05, 3.63) is 65.0 Å². The Morgan fingerprint density at radius 2 is 1.91 bits per heavy atom. The van der Waals surface area contributed by atoms with Gasteiger partial charge in [0.25, 0.3) is 0 Å². The number of hydrogen-bond acceptors (Lipinski definition) is 6. The molecule has 2 atom stereocenters. The van der Waals surface area contributed by atoms with Gasteiger partial charge in [-0.05, 0) is 68.1 Å². The van der Waals surface area contributed by atoms with Gasteiger partial charge in [0, 0.05) is 12.1 Å². The third kappa shape index (κ3) is 4.60. The smallest absolute Gasteiger partial charge is 0.240 e. The van der Waals surface area contributed by atoms with Gasteiger partial charge in [-0.15, -0.1) is 10.2 Å². The van der Waals surface area contributed by atoms with Crippen molar-refractivity contribution in [3.8, 4) is 5.75 Å². The van der Waals surface area contributed by atoms with Crippen LogP contribution in [0.1, 0.15) is 48.8 Å². The molecule has 4 rings (SSSR count). The minimum Gasteiger partial charge on any atom is -0.494 e. The molecule has 2 unspecified atom stereocenters. The van der Waals surface area contributed by atoms with Crippen molar-refractivity contribution in [3.63, 3.8) is 0 Å². The number of carbonyl (C=O) groups is 1. The first kappa shape index (κ1) is 22.2. The minimum absolute atomic E-state index is 0.0732. The molecule has 0 bridgehead atoms. The van der Waals surface area contributed by atoms with Gasteiger partial charge < -0.3 is 15.5 Å². The van der Waals surface area contributed by atoms with Gasteiger partial charge in [-0.1, -0.05) is 36.9 Å². The first-order chi connectivity index (χ1) is 15.5. The molecular formula is C24H29N5O2S. The van der Waals surface area contributed by atoms with Crippen LogP contribution in [0.3, 0.4) is 0 Å². The average molecular weight is 452 g/mol. The van der Waals surface area contributed by atoms with E-state index in [0.717, 1.165) is 41.2 Å². The second kappa shape index (κ2) is 9.65. The van der Waals surface area contributed by atoms with Crippen molar-refractivity contribution in [2.75, 3.05) is 17.3 Å². The molecule has 0 saturated carbocycles. The van der Waals surface area contributed by atoms with Crippen molar-refractivity contribution in [1.29, 1.82) is 0 Å². The maximum atomic E-state index is 13.4. The first-order valence-electron chi connectivity index (χ1n) is 11.0. The Morgan fingerprint density at radius 3 is 2.59 bits per heavy atom. The predicted octanol–water partition coefficient (Wildman–Crippen LogP) is 4.64. The normalized spacial score (nSPS) is 17.4. The zero-order valence-corrected chi connectivity index (χ0v) is 19.7. The van der Waals surface area contributed by atoms with Crippen molar-refractivity contribution < 1.29 is 9.53 Å². The molecule has 32 heavy (non-hydrogen) atoms. The molecule has 0 fully saturated rings. The van der Waals surface area contributed by atoms with Gasteiger partial charge in [0.15, 0.2) is 5.82 Å². The summed E-state index contributed by atoms with van der Waals surface area (Å²) in [6.07, 6.45) is 1.78. The number of thioether (sulfide) groups is 1. The van der Waals surface area contributed by atoms with Crippen molar-refractivity contribution in [2.45, 2.75) is 57.0 Å². The van der Waals surface area contributed by atoms with Crippen LogP contribution in [0.25, 0.3) is 0 Å². The highest BCUT2D eigenvalue weighted by Gasteiger charge is 2.37. The van der Waals surface area contributed by atoms with Crippen LogP contribution in [0.2, 0.25) is 0 Å². The summed E-state index contributed by atoms with van der Waals surface area (Å²) in [4.78, 5) is 13.4. The van der Waals surface area contributed by atoms with Crippen LogP contribution in [0.5, 0.6) is 5.75 Å². The van der Waals surface area contributed by atoms with Crippen LogP contribution >= 0.6 is 11.8 Å². The van der Waals surface area contributed by atoms with Crippen LogP contribution in [-0.2, 0) is 11.2 Å². The van der Waals surface area contributed by atoms with Gasteiger partial charge in [0.1, 0.15) is 11.0 Å². The van der Waals surface area contributed by atoms with Gasteiger partial charge >= 0.3 is 0 Å². The monoisotopic (exact) mass is 451 g/mol.